The minimum absolute atomic E-state index is 0.405. The molecule has 3 heteroatoms. The molecule has 1 aliphatic carbocycles. The minimum Gasteiger partial charge on any atom is -0.330 e. The first-order chi connectivity index (χ1) is 9.15. The molecule has 3 nitrogen and oxygen atoms in total. The van der Waals surface area contributed by atoms with Gasteiger partial charge >= 0.3 is 0 Å². The molecule has 0 bridgehead atoms. The van der Waals surface area contributed by atoms with E-state index in [0.717, 1.165) is 12.6 Å². The topological polar surface area (TPSA) is 32.5 Å². The summed E-state index contributed by atoms with van der Waals surface area (Å²) >= 11 is 0. The van der Waals surface area contributed by atoms with Crippen LogP contribution in [0.2, 0.25) is 0 Å². The molecule has 0 spiro atoms. The summed E-state index contributed by atoms with van der Waals surface area (Å²) in [6.45, 7) is 4.57. The molecule has 1 saturated heterocycles. The molecule has 0 aromatic heterocycles. The number of hydrogen-bond acceptors (Lipinski definition) is 3. The summed E-state index contributed by atoms with van der Waals surface area (Å²) in [4.78, 5) is 5.09. The van der Waals surface area contributed by atoms with Crippen LogP contribution in [0, 0.1) is 5.41 Å². The average molecular weight is 267 g/mol. The fourth-order valence-electron chi connectivity index (χ4n) is 4.11. The van der Waals surface area contributed by atoms with Crippen LogP contribution in [-0.4, -0.2) is 56.1 Å². The molecular formula is C16H33N3. The van der Waals surface area contributed by atoms with Gasteiger partial charge in [-0.1, -0.05) is 25.7 Å². The largest absolute Gasteiger partial charge is 0.330 e. The molecular weight excluding hydrogens is 234 g/mol. The number of rotatable bonds is 5. The Kier molecular flexibility index (Phi) is 5.67. The molecule has 1 atom stereocenters. The molecule has 2 fully saturated rings. The van der Waals surface area contributed by atoms with Gasteiger partial charge in [-0.05, 0) is 58.3 Å². The number of likely N-dealkylation sites (tertiary alicyclic amines) is 1. The molecule has 2 aliphatic rings. The van der Waals surface area contributed by atoms with Crippen molar-refractivity contribution in [3.63, 3.8) is 0 Å². The van der Waals surface area contributed by atoms with Crippen molar-refractivity contribution in [3.8, 4) is 0 Å². The molecule has 1 saturated carbocycles. The minimum atomic E-state index is 0.405. The summed E-state index contributed by atoms with van der Waals surface area (Å²) in [5.41, 5.74) is 6.56. The molecule has 1 aliphatic heterocycles. The standard InChI is InChI=1S/C16H33N3/c1-18(12-15-8-7-11-19(15)2)14-16(13-17)9-5-3-4-6-10-16/h15H,3-14,17H2,1-2H3. The lowest BCUT2D eigenvalue weighted by Crippen LogP contribution is -2.45. The Morgan fingerprint density at radius 1 is 1.16 bits per heavy atom. The van der Waals surface area contributed by atoms with E-state index in [-0.39, 0.29) is 0 Å². The highest BCUT2D eigenvalue weighted by molar-refractivity contribution is 4.87. The Balaban J connectivity index is 1.86. The van der Waals surface area contributed by atoms with E-state index in [2.05, 4.69) is 23.9 Å². The van der Waals surface area contributed by atoms with Crippen molar-refractivity contribution in [2.45, 2.75) is 57.4 Å². The van der Waals surface area contributed by atoms with Crippen LogP contribution >= 0.6 is 0 Å². The molecule has 1 unspecified atom stereocenters. The van der Waals surface area contributed by atoms with Crippen LogP contribution < -0.4 is 5.73 Å². The summed E-state index contributed by atoms with van der Waals surface area (Å²) in [7, 11) is 4.57. The van der Waals surface area contributed by atoms with Gasteiger partial charge in [0.1, 0.15) is 0 Å². The Morgan fingerprint density at radius 3 is 2.37 bits per heavy atom. The van der Waals surface area contributed by atoms with E-state index in [0.29, 0.717) is 5.41 Å². The van der Waals surface area contributed by atoms with Gasteiger partial charge in [-0.25, -0.2) is 0 Å². The van der Waals surface area contributed by atoms with Gasteiger partial charge in [0.05, 0.1) is 0 Å². The zero-order valence-corrected chi connectivity index (χ0v) is 13.0. The maximum Gasteiger partial charge on any atom is 0.0220 e. The summed E-state index contributed by atoms with van der Waals surface area (Å²) in [6, 6.07) is 0.769. The number of likely N-dealkylation sites (N-methyl/N-ethyl adjacent to an activating group) is 2. The van der Waals surface area contributed by atoms with Crippen molar-refractivity contribution in [1.29, 1.82) is 0 Å². The molecule has 1 heterocycles. The molecule has 0 amide bonds. The van der Waals surface area contributed by atoms with Crippen LogP contribution in [0.4, 0.5) is 0 Å². The quantitative estimate of drug-likeness (QED) is 0.776. The van der Waals surface area contributed by atoms with Crippen molar-refractivity contribution < 1.29 is 0 Å². The van der Waals surface area contributed by atoms with Gasteiger partial charge in [-0.2, -0.15) is 0 Å². The Labute approximate surface area is 119 Å². The van der Waals surface area contributed by atoms with Gasteiger partial charge < -0.3 is 15.5 Å². The predicted molar refractivity (Wildman–Crippen MR) is 82.3 cm³/mol. The second kappa shape index (κ2) is 7.05. The van der Waals surface area contributed by atoms with E-state index < -0.39 is 0 Å². The van der Waals surface area contributed by atoms with Crippen molar-refractivity contribution >= 4 is 0 Å². The van der Waals surface area contributed by atoms with E-state index in [4.69, 9.17) is 5.73 Å². The zero-order chi connectivity index (χ0) is 13.7. The fraction of sp³-hybridized carbons (Fsp3) is 1.00. The van der Waals surface area contributed by atoms with Crippen molar-refractivity contribution in [1.82, 2.24) is 9.80 Å². The highest BCUT2D eigenvalue weighted by Crippen LogP contribution is 2.35. The lowest BCUT2D eigenvalue weighted by molar-refractivity contribution is 0.133. The van der Waals surface area contributed by atoms with Gasteiger partial charge in [-0.3, -0.25) is 0 Å². The van der Waals surface area contributed by atoms with Crippen LogP contribution in [0.3, 0.4) is 0 Å². The highest BCUT2D eigenvalue weighted by atomic mass is 15.2. The lowest BCUT2D eigenvalue weighted by Gasteiger charge is -2.37. The normalized spacial score (nSPS) is 28.7. The second-order valence-corrected chi connectivity index (χ2v) is 7.09. The van der Waals surface area contributed by atoms with Crippen molar-refractivity contribution in [3.05, 3.63) is 0 Å². The molecule has 2 N–H and O–H groups in total. The average Bonchev–Trinajstić information content (AvgIpc) is 2.66. The van der Waals surface area contributed by atoms with E-state index in [1.54, 1.807) is 0 Å². The maximum absolute atomic E-state index is 6.15. The first-order valence-electron chi connectivity index (χ1n) is 8.24. The zero-order valence-electron chi connectivity index (χ0n) is 13.0. The van der Waals surface area contributed by atoms with E-state index in [1.165, 1.54) is 71.0 Å². The number of nitrogens with zero attached hydrogens (tertiary/aromatic N) is 2. The summed E-state index contributed by atoms with van der Waals surface area (Å²) in [5, 5.41) is 0. The Hall–Kier alpha value is -0.120. The SMILES string of the molecule is CN(CC1CCCN1C)CC1(CN)CCCCCC1. The number of nitrogens with two attached hydrogens (primary N) is 1. The van der Waals surface area contributed by atoms with Crippen LogP contribution in [0.25, 0.3) is 0 Å². The van der Waals surface area contributed by atoms with Gasteiger partial charge in [0.25, 0.3) is 0 Å². The molecule has 19 heavy (non-hydrogen) atoms. The third-order valence-electron chi connectivity index (χ3n) is 5.40. The van der Waals surface area contributed by atoms with Gasteiger partial charge in [0, 0.05) is 19.1 Å². The van der Waals surface area contributed by atoms with Crippen molar-refractivity contribution in [2.24, 2.45) is 11.1 Å². The van der Waals surface area contributed by atoms with Crippen LogP contribution in [0.15, 0.2) is 0 Å². The van der Waals surface area contributed by atoms with E-state index >= 15 is 0 Å². The molecule has 112 valence electrons. The summed E-state index contributed by atoms with van der Waals surface area (Å²) in [6.07, 6.45) is 11.0. The molecule has 0 radical (unpaired) electrons. The van der Waals surface area contributed by atoms with Gasteiger partial charge in [0.15, 0.2) is 0 Å². The highest BCUT2D eigenvalue weighted by Gasteiger charge is 2.32. The van der Waals surface area contributed by atoms with Crippen molar-refractivity contribution in [2.75, 3.05) is 40.3 Å². The Morgan fingerprint density at radius 2 is 1.84 bits per heavy atom. The first kappa shape index (κ1) is 15.3. The molecule has 0 aromatic carbocycles. The van der Waals surface area contributed by atoms with E-state index in [9.17, 15) is 0 Å². The summed E-state index contributed by atoms with van der Waals surface area (Å²) in [5.74, 6) is 0. The van der Waals surface area contributed by atoms with Gasteiger partial charge in [-0.15, -0.1) is 0 Å². The Bertz CT molecular complexity index is 259. The van der Waals surface area contributed by atoms with Crippen LogP contribution in [0.1, 0.15) is 51.4 Å². The fourth-order valence-corrected chi connectivity index (χ4v) is 4.11. The predicted octanol–water partition coefficient (Wildman–Crippen LogP) is 2.31. The smallest absolute Gasteiger partial charge is 0.0220 e. The second-order valence-electron chi connectivity index (χ2n) is 7.09. The third kappa shape index (κ3) is 4.17. The van der Waals surface area contributed by atoms with Gasteiger partial charge in [0.2, 0.25) is 0 Å². The first-order valence-corrected chi connectivity index (χ1v) is 8.24. The van der Waals surface area contributed by atoms with E-state index in [1.807, 2.05) is 0 Å². The summed E-state index contributed by atoms with van der Waals surface area (Å²) < 4.78 is 0. The van der Waals surface area contributed by atoms with Crippen LogP contribution in [-0.2, 0) is 0 Å². The van der Waals surface area contributed by atoms with Crippen LogP contribution in [0.5, 0.6) is 0 Å². The maximum atomic E-state index is 6.15. The lowest BCUT2D eigenvalue weighted by atomic mass is 9.80. The molecule has 0 aromatic rings. The number of hydrogen-bond donors (Lipinski definition) is 1. The monoisotopic (exact) mass is 267 g/mol. The third-order valence-corrected chi connectivity index (χ3v) is 5.40. The molecule has 2 rings (SSSR count).